The van der Waals surface area contributed by atoms with Crippen LogP contribution in [-0.4, -0.2) is 36.1 Å². The summed E-state index contributed by atoms with van der Waals surface area (Å²) in [4.78, 5) is 2.81. The molecule has 3 fully saturated rings. The number of hydrogen-bond acceptors (Lipinski definition) is 2. The predicted octanol–water partition coefficient (Wildman–Crippen LogP) is 2.78. The van der Waals surface area contributed by atoms with Crippen molar-refractivity contribution in [1.82, 2.24) is 10.2 Å². The minimum absolute atomic E-state index is 0.495. The fourth-order valence-corrected chi connectivity index (χ4v) is 4.11. The lowest BCUT2D eigenvalue weighted by molar-refractivity contribution is 0.0891. The summed E-state index contributed by atoms with van der Waals surface area (Å²) >= 11 is 0. The molecule has 0 aromatic rings. The number of nitrogens with zero attached hydrogens (tertiary/aromatic N) is 1. The first kappa shape index (κ1) is 12.0. The zero-order chi connectivity index (χ0) is 11.7. The van der Waals surface area contributed by atoms with Crippen LogP contribution < -0.4 is 5.32 Å². The van der Waals surface area contributed by atoms with Gasteiger partial charge < -0.3 is 5.32 Å². The monoisotopic (exact) mass is 236 g/mol. The lowest BCUT2D eigenvalue weighted by Gasteiger charge is -2.42. The van der Waals surface area contributed by atoms with E-state index >= 15 is 0 Å². The zero-order valence-corrected chi connectivity index (χ0v) is 11.4. The largest absolute Gasteiger partial charge is 0.310 e. The molecule has 2 aliphatic carbocycles. The molecule has 1 heterocycles. The molecule has 2 heteroatoms. The molecule has 0 aromatic heterocycles. The summed E-state index contributed by atoms with van der Waals surface area (Å²) in [6, 6.07) is 0.834. The van der Waals surface area contributed by atoms with Crippen molar-refractivity contribution in [1.29, 1.82) is 0 Å². The highest BCUT2D eigenvalue weighted by atomic mass is 15.2. The summed E-state index contributed by atoms with van der Waals surface area (Å²) in [7, 11) is 0. The summed E-state index contributed by atoms with van der Waals surface area (Å²) < 4.78 is 0. The molecule has 0 amide bonds. The average molecular weight is 236 g/mol. The van der Waals surface area contributed by atoms with Gasteiger partial charge >= 0.3 is 0 Å². The summed E-state index contributed by atoms with van der Waals surface area (Å²) in [5.74, 6) is 1.01. The maximum absolute atomic E-state index is 3.88. The molecule has 0 aromatic carbocycles. The molecule has 1 unspecified atom stereocenters. The van der Waals surface area contributed by atoms with Gasteiger partial charge in [-0.05, 0) is 58.0 Å². The third kappa shape index (κ3) is 2.39. The molecule has 1 spiro atoms. The van der Waals surface area contributed by atoms with Crippen LogP contribution in [0.25, 0.3) is 0 Å². The molecular formula is C15H28N2. The van der Waals surface area contributed by atoms with Crippen molar-refractivity contribution in [3.8, 4) is 0 Å². The van der Waals surface area contributed by atoms with Crippen LogP contribution in [0.5, 0.6) is 0 Å². The van der Waals surface area contributed by atoms with Gasteiger partial charge in [-0.3, -0.25) is 4.90 Å². The Labute approximate surface area is 106 Å². The average Bonchev–Trinajstić information content (AvgIpc) is 2.57. The van der Waals surface area contributed by atoms with Gasteiger partial charge in [0, 0.05) is 18.1 Å². The third-order valence-electron chi connectivity index (χ3n) is 5.60. The van der Waals surface area contributed by atoms with E-state index in [1.807, 2.05) is 0 Å². The van der Waals surface area contributed by atoms with E-state index in [0.717, 1.165) is 12.0 Å². The molecule has 0 bridgehead atoms. The van der Waals surface area contributed by atoms with Gasteiger partial charge in [-0.25, -0.2) is 0 Å². The second kappa shape index (κ2) is 4.89. The van der Waals surface area contributed by atoms with E-state index in [4.69, 9.17) is 0 Å². The maximum Gasteiger partial charge on any atom is 0.0308 e. The van der Waals surface area contributed by atoms with E-state index < -0.39 is 0 Å². The van der Waals surface area contributed by atoms with E-state index in [-0.39, 0.29) is 0 Å². The van der Waals surface area contributed by atoms with E-state index in [0.29, 0.717) is 5.54 Å². The van der Waals surface area contributed by atoms with Gasteiger partial charge in [-0.2, -0.15) is 0 Å². The first-order valence-electron chi connectivity index (χ1n) is 7.78. The van der Waals surface area contributed by atoms with Crippen molar-refractivity contribution in [3.63, 3.8) is 0 Å². The van der Waals surface area contributed by atoms with E-state index in [1.165, 1.54) is 71.0 Å². The van der Waals surface area contributed by atoms with Crippen LogP contribution in [0.2, 0.25) is 0 Å². The van der Waals surface area contributed by atoms with Crippen LogP contribution in [0, 0.1) is 5.92 Å². The van der Waals surface area contributed by atoms with Gasteiger partial charge in [0.2, 0.25) is 0 Å². The Kier molecular flexibility index (Phi) is 3.45. The van der Waals surface area contributed by atoms with Crippen molar-refractivity contribution in [2.24, 2.45) is 5.92 Å². The Balaban J connectivity index is 1.66. The van der Waals surface area contributed by atoms with Gasteiger partial charge in [0.25, 0.3) is 0 Å². The van der Waals surface area contributed by atoms with Crippen molar-refractivity contribution in [2.75, 3.05) is 19.6 Å². The fourth-order valence-electron chi connectivity index (χ4n) is 4.11. The molecule has 3 rings (SSSR count). The van der Waals surface area contributed by atoms with Crippen LogP contribution in [0.1, 0.15) is 58.3 Å². The van der Waals surface area contributed by atoms with E-state index in [9.17, 15) is 0 Å². The van der Waals surface area contributed by atoms with Gasteiger partial charge in [0.1, 0.15) is 0 Å². The Hall–Kier alpha value is -0.0800. The highest BCUT2D eigenvalue weighted by molar-refractivity contribution is 4.98. The molecule has 2 nitrogen and oxygen atoms in total. The molecule has 2 saturated carbocycles. The SMILES string of the molecule is CC(C1CCC1)N1CCCNC2(CCCC2)C1. The summed E-state index contributed by atoms with van der Waals surface area (Å²) in [6.45, 7) is 6.38. The highest BCUT2D eigenvalue weighted by Crippen LogP contribution is 2.36. The Bertz CT molecular complexity index is 254. The molecule has 1 saturated heterocycles. The number of hydrogen-bond donors (Lipinski definition) is 1. The molecule has 17 heavy (non-hydrogen) atoms. The van der Waals surface area contributed by atoms with Gasteiger partial charge in [0.05, 0.1) is 0 Å². The van der Waals surface area contributed by atoms with Crippen LogP contribution in [0.4, 0.5) is 0 Å². The molecular weight excluding hydrogens is 208 g/mol. The van der Waals surface area contributed by atoms with Crippen molar-refractivity contribution < 1.29 is 0 Å². The van der Waals surface area contributed by atoms with Gasteiger partial charge in [0.15, 0.2) is 0 Å². The molecule has 0 radical (unpaired) electrons. The topological polar surface area (TPSA) is 15.3 Å². The molecule has 98 valence electrons. The van der Waals surface area contributed by atoms with E-state index in [2.05, 4.69) is 17.1 Å². The lowest BCUT2D eigenvalue weighted by atomic mass is 9.79. The summed E-state index contributed by atoms with van der Waals surface area (Å²) in [5, 5.41) is 3.88. The second-order valence-electron chi connectivity index (χ2n) is 6.67. The van der Waals surface area contributed by atoms with Gasteiger partial charge in [-0.1, -0.05) is 19.3 Å². The third-order valence-corrected chi connectivity index (χ3v) is 5.60. The minimum atomic E-state index is 0.495. The maximum atomic E-state index is 3.88. The van der Waals surface area contributed by atoms with Crippen LogP contribution in [0.15, 0.2) is 0 Å². The minimum Gasteiger partial charge on any atom is -0.310 e. The smallest absolute Gasteiger partial charge is 0.0308 e. The molecule has 1 atom stereocenters. The quantitative estimate of drug-likeness (QED) is 0.793. The van der Waals surface area contributed by atoms with E-state index in [1.54, 1.807) is 0 Å². The van der Waals surface area contributed by atoms with Crippen molar-refractivity contribution in [3.05, 3.63) is 0 Å². The molecule has 1 N–H and O–H groups in total. The van der Waals surface area contributed by atoms with Crippen LogP contribution >= 0.6 is 0 Å². The lowest BCUT2D eigenvalue weighted by Crippen LogP contribution is -2.52. The summed E-state index contributed by atoms with van der Waals surface area (Å²) in [5.41, 5.74) is 0.495. The van der Waals surface area contributed by atoms with Crippen LogP contribution in [0.3, 0.4) is 0 Å². The second-order valence-corrected chi connectivity index (χ2v) is 6.67. The van der Waals surface area contributed by atoms with Gasteiger partial charge in [-0.15, -0.1) is 0 Å². The zero-order valence-electron chi connectivity index (χ0n) is 11.4. The normalized spacial score (nSPS) is 32.3. The molecule has 1 aliphatic heterocycles. The standard InChI is InChI=1S/C15H28N2/c1-13(14-6-4-7-14)17-11-5-10-16-15(12-17)8-2-3-9-15/h13-14,16H,2-12H2,1H3. The fraction of sp³-hybridized carbons (Fsp3) is 1.00. The number of rotatable bonds is 2. The Morgan fingerprint density at radius 3 is 2.53 bits per heavy atom. The Morgan fingerprint density at radius 1 is 1.12 bits per heavy atom. The van der Waals surface area contributed by atoms with Crippen molar-refractivity contribution >= 4 is 0 Å². The Morgan fingerprint density at radius 2 is 1.88 bits per heavy atom. The first-order chi connectivity index (χ1) is 8.29. The highest BCUT2D eigenvalue weighted by Gasteiger charge is 2.39. The molecule has 3 aliphatic rings. The van der Waals surface area contributed by atoms with Crippen LogP contribution in [-0.2, 0) is 0 Å². The first-order valence-corrected chi connectivity index (χ1v) is 7.78. The predicted molar refractivity (Wildman–Crippen MR) is 72.2 cm³/mol. The van der Waals surface area contributed by atoms with Crippen molar-refractivity contribution in [2.45, 2.75) is 69.9 Å². The number of nitrogens with one attached hydrogen (secondary N) is 1. The summed E-state index contributed by atoms with van der Waals surface area (Å²) in [6.07, 6.45) is 11.5.